The zero-order chi connectivity index (χ0) is 22.4. The fourth-order valence-corrected chi connectivity index (χ4v) is 3.34. The summed E-state index contributed by atoms with van der Waals surface area (Å²) in [4.78, 5) is 18.5. The van der Waals surface area contributed by atoms with Gasteiger partial charge in [0.1, 0.15) is 12.4 Å². The van der Waals surface area contributed by atoms with Crippen LogP contribution in [0.3, 0.4) is 0 Å². The highest BCUT2D eigenvalue weighted by atomic mass is 19.4. The van der Waals surface area contributed by atoms with Gasteiger partial charge in [0, 0.05) is 30.9 Å². The molecule has 0 aliphatic carbocycles. The number of hydrogen-bond acceptors (Lipinski definition) is 5. The van der Waals surface area contributed by atoms with Gasteiger partial charge in [-0.2, -0.15) is 13.2 Å². The van der Waals surface area contributed by atoms with Crippen molar-refractivity contribution < 1.29 is 27.4 Å². The summed E-state index contributed by atoms with van der Waals surface area (Å²) in [6.45, 7) is 5.09. The number of ether oxygens (including phenoxy) is 2. The molecule has 31 heavy (non-hydrogen) atoms. The predicted molar refractivity (Wildman–Crippen MR) is 111 cm³/mol. The molecule has 1 amide bonds. The number of aromatic nitrogens is 1. The van der Waals surface area contributed by atoms with Crippen LogP contribution in [-0.4, -0.2) is 43.7 Å². The SMILES string of the molecule is C=CCOc1ccc(C(=O)NC2CCN(c3ccc(C(F)(F)F)cn3)CC2)cc1OC. The molecule has 0 atom stereocenters. The second-order valence-corrected chi connectivity index (χ2v) is 7.10. The van der Waals surface area contributed by atoms with E-state index in [9.17, 15) is 18.0 Å². The van der Waals surface area contributed by atoms with E-state index in [1.807, 2.05) is 4.90 Å². The molecule has 0 saturated carbocycles. The first-order valence-corrected chi connectivity index (χ1v) is 9.82. The summed E-state index contributed by atoms with van der Waals surface area (Å²) in [7, 11) is 1.50. The highest BCUT2D eigenvalue weighted by Gasteiger charge is 2.31. The van der Waals surface area contributed by atoms with Gasteiger partial charge in [-0.25, -0.2) is 4.98 Å². The van der Waals surface area contributed by atoms with Gasteiger partial charge in [0.05, 0.1) is 12.7 Å². The van der Waals surface area contributed by atoms with Gasteiger partial charge in [0.25, 0.3) is 5.91 Å². The first-order valence-electron chi connectivity index (χ1n) is 9.82. The van der Waals surface area contributed by atoms with Crippen LogP contribution in [-0.2, 0) is 6.18 Å². The van der Waals surface area contributed by atoms with E-state index < -0.39 is 11.7 Å². The largest absolute Gasteiger partial charge is 0.493 e. The third kappa shape index (κ3) is 5.68. The number of halogens is 3. The van der Waals surface area contributed by atoms with E-state index in [0.717, 1.165) is 12.3 Å². The number of nitrogens with zero attached hydrogens (tertiary/aromatic N) is 2. The minimum atomic E-state index is -4.40. The van der Waals surface area contributed by atoms with Crippen molar-refractivity contribution in [3.8, 4) is 11.5 Å². The number of anilines is 1. The number of methoxy groups -OCH3 is 1. The Labute approximate surface area is 178 Å². The Bertz CT molecular complexity index is 908. The summed E-state index contributed by atoms with van der Waals surface area (Å²) in [6, 6.07) is 7.33. The number of benzene rings is 1. The lowest BCUT2D eigenvalue weighted by atomic mass is 10.0. The van der Waals surface area contributed by atoms with Crippen LogP contribution in [0.1, 0.15) is 28.8 Å². The summed E-state index contributed by atoms with van der Waals surface area (Å²) in [5.41, 5.74) is -0.315. The second-order valence-electron chi connectivity index (χ2n) is 7.10. The zero-order valence-corrected chi connectivity index (χ0v) is 17.1. The Hall–Kier alpha value is -3.23. The van der Waals surface area contributed by atoms with Gasteiger partial charge in [-0.1, -0.05) is 12.7 Å². The van der Waals surface area contributed by atoms with Crippen molar-refractivity contribution in [1.82, 2.24) is 10.3 Å². The smallest absolute Gasteiger partial charge is 0.417 e. The van der Waals surface area contributed by atoms with Crippen LogP contribution in [0.5, 0.6) is 11.5 Å². The highest BCUT2D eigenvalue weighted by molar-refractivity contribution is 5.95. The number of carbonyl (C=O) groups excluding carboxylic acids is 1. The van der Waals surface area contributed by atoms with Gasteiger partial charge in [-0.05, 0) is 43.2 Å². The van der Waals surface area contributed by atoms with E-state index in [-0.39, 0.29) is 11.9 Å². The fraction of sp³-hybridized carbons (Fsp3) is 0.364. The van der Waals surface area contributed by atoms with Crippen LogP contribution in [0, 0.1) is 0 Å². The van der Waals surface area contributed by atoms with Crippen molar-refractivity contribution in [3.63, 3.8) is 0 Å². The molecule has 1 saturated heterocycles. The standard InChI is InChI=1S/C22H24F3N3O3/c1-3-12-31-18-6-4-15(13-19(18)30-2)21(29)27-17-8-10-28(11-9-17)20-7-5-16(14-26-20)22(23,24)25/h3-7,13-14,17H,1,8-12H2,2H3,(H,27,29). The number of rotatable bonds is 7. The van der Waals surface area contributed by atoms with Crippen molar-refractivity contribution in [1.29, 1.82) is 0 Å². The van der Waals surface area contributed by atoms with Gasteiger partial charge in [-0.3, -0.25) is 4.79 Å². The first kappa shape index (κ1) is 22.5. The topological polar surface area (TPSA) is 63.7 Å². The highest BCUT2D eigenvalue weighted by Crippen LogP contribution is 2.30. The molecular weight excluding hydrogens is 411 g/mol. The molecule has 6 nitrogen and oxygen atoms in total. The average Bonchev–Trinajstić information content (AvgIpc) is 2.77. The molecule has 1 aliphatic rings. The Balaban J connectivity index is 1.56. The summed E-state index contributed by atoms with van der Waals surface area (Å²) < 4.78 is 48.8. The maximum absolute atomic E-state index is 12.7. The van der Waals surface area contributed by atoms with Crippen LogP contribution < -0.4 is 19.7 Å². The van der Waals surface area contributed by atoms with Crippen molar-refractivity contribution in [2.75, 3.05) is 31.7 Å². The zero-order valence-electron chi connectivity index (χ0n) is 17.1. The molecule has 0 radical (unpaired) electrons. The van der Waals surface area contributed by atoms with Crippen molar-refractivity contribution in [3.05, 3.63) is 60.3 Å². The number of amides is 1. The monoisotopic (exact) mass is 435 g/mol. The van der Waals surface area contributed by atoms with E-state index in [4.69, 9.17) is 9.47 Å². The number of alkyl halides is 3. The summed E-state index contributed by atoms with van der Waals surface area (Å²) in [6.07, 6.45) is -0.620. The molecule has 1 aromatic carbocycles. The van der Waals surface area contributed by atoms with Crippen LogP contribution in [0.4, 0.5) is 19.0 Å². The normalized spacial score (nSPS) is 14.8. The molecular formula is C22H24F3N3O3. The maximum atomic E-state index is 12.7. The minimum Gasteiger partial charge on any atom is -0.493 e. The number of hydrogen-bond donors (Lipinski definition) is 1. The van der Waals surface area contributed by atoms with Crippen LogP contribution >= 0.6 is 0 Å². The van der Waals surface area contributed by atoms with Crippen molar-refractivity contribution in [2.45, 2.75) is 25.1 Å². The van der Waals surface area contributed by atoms with Crippen molar-refractivity contribution >= 4 is 11.7 Å². The molecule has 1 N–H and O–H groups in total. The molecule has 1 aromatic heterocycles. The second kappa shape index (κ2) is 9.72. The molecule has 0 bridgehead atoms. The lowest BCUT2D eigenvalue weighted by Crippen LogP contribution is -2.45. The summed E-state index contributed by atoms with van der Waals surface area (Å²) in [5, 5.41) is 3.00. The van der Waals surface area contributed by atoms with Gasteiger partial charge < -0.3 is 19.7 Å². The summed E-state index contributed by atoms with van der Waals surface area (Å²) >= 11 is 0. The van der Waals surface area contributed by atoms with Gasteiger partial charge in [0.15, 0.2) is 11.5 Å². The Kier molecular flexibility index (Phi) is 7.04. The van der Waals surface area contributed by atoms with Crippen LogP contribution in [0.25, 0.3) is 0 Å². The number of piperidine rings is 1. The molecule has 0 spiro atoms. The lowest BCUT2D eigenvalue weighted by Gasteiger charge is -2.33. The first-order chi connectivity index (χ1) is 14.8. The Morgan fingerprint density at radius 2 is 2.00 bits per heavy atom. The van der Waals surface area contributed by atoms with Gasteiger partial charge in [0.2, 0.25) is 0 Å². The molecule has 1 aliphatic heterocycles. The number of carbonyl (C=O) groups is 1. The third-order valence-corrected chi connectivity index (χ3v) is 5.01. The van der Waals surface area contributed by atoms with Gasteiger partial charge in [-0.15, -0.1) is 0 Å². The molecule has 2 heterocycles. The van der Waals surface area contributed by atoms with Gasteiger partial charge >= 0.3 is 6.18 Å². The quantitative estimate of drug-likeness (QED) is 0.665. The van der Waals surface area contributed by atoms with Crippen LogP contribution in [0.15, 0.2) is 49.2 Å². The summed E-state index contributed by atoms with van der Waals surface area (Å²) in [5.74, 6) is 1.26. The predicted octanol–water partition coefficient (Wildman–Crippen LogP) is 4.07. The third-order valence-electron chi connectivity index (χ3n) is 5.01. The Morgan fingerprint density at radius 1 is 1.26 bits per heavy atom. The maximum Gasteiger partial charge on any atom is 0.417 e. The number of pyridine rings is 1. The van der Waals surface area contributed by atoms with E-state index in [2.05, 4.69) is 16.9 Å². The van der Waals surface area contributed by atoms with Crippen molar-refractivity contribution in [2.24, 2.45) is 0 Å². The molecule has 0 unspecified atom stereocenters. The molecule has 1 fully saturated rings. The number of nitrogens with one attached hydrogen (secondary N) is 1. The van der Waals surface area contributed by atoms with Crippen LogP contribution in [0.2, 0.25) is 0 Å². The van der Waals surface area contributed by atoms with E-state index in [1.165, 1.54) is 13.2 Å². The fourth-order valence-electron chi connectivity index (χ4n) is 3.34. The van der Waals surface area contributed by atoms with E-state index in [1.54, 1.807) is 24.3 Å². The Morgan fingerprint density at radius 3 is 2.58 bits per heavy atom. The lowest BCUT2D eigenvalue weighted by molar-refractivity contribution is -0.137. The minimum absolute atomic E-state index is 0.0408. The molecule has 9 heteroatoms. The van der Waals surface area contributed by atoms with E-state index >= 15 is 0 Å². The molecule has 166 valence electrons. The molecule has 3 rings (SSSR count). The molecule has 2 aromatic rings. The average molecular weight is 435 g/mol. The van der Waals surface area contributed by atoms with E-state index in [0.29, 0.717) is 55.4 Å².